The molecule has 186 valence electrons. The van der Waals surface area contributed by atoms with E-state index < -0.39 is 53.3 Å². The van der Waals surface area contributed by atoms with E-state index in [0.29, 0.717) is 6.42 Å². The van der Waals surface area contributed by atoms with Crippen molar-refractivity contribution in [1.82, 2.24) is 9.80 Å². The van der Waals surface area contributed by atoms with Crippen LogP contribution in [0.1, 0.15) is 32.8 Å². The summed E-state index contributed by atoms with van der Waals surface area (Å²) in [4.78, 5) is 66.6. The number of hydrogen-bond acceptors (Lipinski definition) is 8. The van der Waals surface area contributed by atoms with E-state index in [-0.39, 0.29) is 13.0 Å². The zero-order valence-corrected chi connectivity index (χ0v) is 20.4. The van der Waals surface area contributed by atoms with E-state index in [2.05, 4.69) is 0 Å². The van der Waals surface area contributed by atoms with E-state index in [1.165, 1.54) is 11.9 Å². The lowest BCUT2D eigenvalue weighted by Gasteiger charge is -2.29. The average molecular weight is 477 g/mol. The quantitative estimate of drug-likeness (QED) is 0.317. The number of likely N-dealkylation sites (N-methyl/N-ethyl adjacent to an activating group) is 1. The Morgan fingerprint density at radius 3 is 2.09 bits per heavy atom. The SMILES string of the molecule is COC(=O)C(C(=O)OC)[C@@H](CCc1ccccc1)C(=O)N1C(=O)N(C)C[C@H]1C(=O)OC(C)(C)C. The number of carbonyl (C=O) groups excluding carboxylic acids is 5. The van der Waals surface area contributed by atoms with Gasteiger partial charge in [-0.25, -0.2) is 14.5 Å². The molecule has 2 atom stereocenters. The Hall–Kier alpha value is -3.43. The zero-order valence-electron chi connectivity index (χ0n) is 20.4. The maximum Gasteiger partial charge on any atom is 0.331 e. The van der Waals surface area contributed by atoms with Crippen LogP contribution in [-0.2, 0) is 39.8 Å². The molecule has 1 aromatic rings. The minimum atomic E-state index is -1.61. The highest BCUT2D eigenvalue weighted by molar-refractivity contribution is 6.06. The van der Waals surface area contributed by atoms with E-state index in [1.807, 2.05) is 30.3 Å². The molecule has 1 heterocycles. The van der Waals surface area contributed by atoms with E-state index in [4.69, 9.17) is 14.2 Å². The van der Waals surface area contributed by atoms with E-state index in [0.717, 1.165) is 24.7 Å². The number of ether oxygens (including phenoxy) is 3. The lowest BCUT2D eigenvalue weighted by Crippen LogP contribution is -2.51. The Morgan fingerprint density at radius 1 is 1.03 bits per heavy atom. The monoisotopic (exact) mass is 476 g/mol. The first-order valence-electron chi connectivity index (χ1n) is 10.9. The molecule has 3 amide bonds. The number of methoxy groups -OCH3 is 2. The van der Waals surface area contributed by atoms with Crippen molar-refractivity contribution in [1.29, 1.82) is 0 Å². The molecule has 1 aliphatic rings. The van der Waals surface area contributed by atoms with Crippen molar-refractivity contribution in [3.05, 3.63) is 35.9 Å². The van der Waals surface area contributed by atoms with Gasteiger partial charge in [0.25, 0.3) is 0 Å². The predicted molar refractivity (Wildman–Crippen MR) is 120 cm³/mol. The van der Waals surface area contributed by atoms with Crippen LogP contribution < -0.4 is 0 Å². The number of urea groups is 1. The first-order chi connectivity index (χ1) is 15.9. The molecular formula is C24H32N2O8. The van der Waals surface area contributed by atoms with Crippen LogP contribution in [0.2, 0.25) is 0 Å². The van der Waals surface area contributed by atoms with Crippen LogP contribution >= 0.6 is 0 Å². The molecule has 1 aliphatic heterocycles. The smallest absolute Gasteiger partial charge is 0.331 e. The van der Waals surface area contributed by atoms with Gasteiger partial charge in [0.2, 0.25) is 5.91 Å². The van der Waals surface area contributed by atoms with Crippen molar-refractivity contribution < 1.29 is 38.2 Å². The summed E-state index contributed by atoms with van der Waals surface area (Å²) in [5, 5.41) is 0. The van der Waals surface area contributed by atoms with Crippen LogP contribution in [0, 0.1) is 11.8 Å². The number of amides is 3. The second kappa shape index (κ2) is 11.1. The first-order valence-corrected chi connectivity index (χ1v) is 10.9. The minimum absolute atomic E-state index is 0.0340. The fraction of sp³-hybridized carbons (Fsp3) is 0.542. The number of hydrogen-bond donors (Lipinski definition) is 0. The van der Waals surface area contributed by atoms with Gasteiger partial charge in [-0.15, -0.1) is 0 Å². The number of aryl methyl sites for hydroxylation is 1. The summed E-state index contributed by atoms with van der Waals surface area (Å²) < 4.78 is 15.0. The fourth-order valence-electron chi connectivity index (χ4n) is 3.79. The standard InChI is InChI=1S/C24H32N2O8/c1-24(2,3)34-20(28)17-14-25(4)23(31)26(17)19(27)16(13-12-15-10-8-7-9-11-15)18(21(29)32-5)22(30)33-6/h7-11,16-18H,12-14H2,1-6H3/t16-,17+/m1/s1. The van der Waals surface area contributed by atoms with Crippen LogP contribution in [0.3, 0.4) is 0 Å². The molecule has 0 aliphatic carbocycles. The van der Waals surface area contributed by atoms with Gasteiger partial charge in [0.05, 0.1) is 26.7 Å². The molecule has 0 unspecified atom stereocenters. The molecule has 0 saturated carbocycles. The largest absolute Gasteiger partial charge is 0.468 e. The highest BCUT2D eigenvalue weighted by atomic mass is 16.6. The van der Waals surface area contributed by atoms with Crippen molar-refractivity contribution in [2.75, 3.05) is 27.8 Å². The highest BCUT2D eigenvalue weighted by Crippen LogP contribution is 2.28. The molecule has 10 heteroatoms. The van der Waals surface area contributed by atoms with Crippen molar-refractivity contribution in [2.45, 2.75) is 45.3 Å². The van der Waals surface area contributed by atoms with E-state index >= 15 is 0 Å². The maximum absolute atomic E-state index is 13.7. The van der Waals surface area contributed by atoms with Gasteiger partial charge in [0.1, 0.15) is 5.60 Å². The van der Waals surface area contributed by atoms with Crippen molar-refractivity contribution in [3.63, 3.8) is 0 Å². The molecule has 1 saturated heterocycles. The Bertz CT molecular complexity index is 909. The molecule has 2 rings (SSSR count). The van der Waals surface area contributed by atoms with Gasteiger partial charge >= 0.3 is 23.9 Å². The van der Waals surface area contributed by atoms with Gasteiger partial charge < -0.3 is 19.1 Å². The van der Waals surface area contributed by atoms with Gasteiger partial charge in [0.15, 0.2) is 12.0 Å². The third-order valence-corrected chi connectivity index (χ3v) is 5.42. The normalized spacial score (nSPS) is 16.9. The number of imide groups is 1. The Morgan fingerprint density at radius 2 is 1.59 bits per heavy atom. The lowest BCUT2D eigenvalue weighted by atomic mass is 9.85. The molecule has 0 radical (unpaired) electrons. The van der Waals surface area contributed by atoms with Crippen LogP contribution in [0.15, 0.2) is 30.3 Å². The lowest BCUT2D eigenvalue weighted by molar-refractivity contribution is -0.167. The van der Waals surface area contributed by atoms with Gasteiger partial charge in [-0.3, -0.25) is 14.4 Å². The summed E-state index contributed by atoms with van der Waals surface area (Å²) in [5.41, 5.74) is 0.0193. The van der Waals surface area contributed by atoms with Crippen molar-refractivity contribution in [3.8, 4) is 0 Å². The second-order valence-electron chi connectivity index (χ2n) is 9.08. The van der Waals surface area contributed by atoms with Crippen LogP contribution in [-0.4, -0.2) is 79.1 Å². The summed E-state index contributed by atoms with van der Waals surface area (Å²) in [6.07, 6.45) is 0.364. The molecule has 1 fully saturated rings. The van der Waals surface area contributed by atoms with Gasteiger partial charge in [-0.1, -0.05) is 30.3 Å². The molecule has 0 bridgehead atoms. The van der Waals surface area contributed by atoms with Crippen molar-refractivity contribution in [2.24, 2.45) is 11.8 Å². The molecular weight excluding hydrogens is 444 g/mol. The Kier molecular flexibility index (Phi) is 8.78. The number of rotatable bonds is 8. The maximum atomic E-state index is 13.7. The van der Waals surface area contributed by atoms with Gasteiger partial charge in [0, 0.05) is 7.05 Å². The predicted octanol–water partition coefficient (Wildman–Crippen LogP) is 1.80. The minimum Gasteiger partial charge on any atom is -0.468 e. The zero-order chi connectivity index (χ0) is 25.6. The summed E-state index contributed by atoms with van der Waals surface area (Å²) in [7, 11) is 3.63. The summed E-state index contributed by atoms with van der Waals surface area (Å²) in [6.45, 7) is 4.94. The first kappa shape index (κ1) is 26.8. The number of esters is 3. The third kappa shape index (κ3) is 6.33. The Labute approximate surface area is 199 Å². The third-order valence-electron chi connectivity index (χ3n) is 5.42. The van der Waals surface area contributed by atoms with E-state index in [9.17, 15) is 24.0 Å². The highest BCUT2D eigenvalue weighted by Gasteiger charge is 2.51. The van der Waals surface area contributed by atoms with Crippen molar-refractivity contribution >= 4 is 29.8 Å². The summed E-state index contributed by atoms with van der Waals surface area (Å²) >= 11 is 0. The van der Waals surface area contributed by atoms with Crippen LogP contribution in [0.4, 0.5) is 4.79 Å². The molecule has 10 nitrogen and oxygen atoms in total. The second-order valence-corrected chi connectivity index (χ2v) is 9.08. The van der Waals surface area contributed by atoms with Gasteiger partial charge in [-0.05, 0) is 39.2 Å². The molecule has 0 aromatic heterocycles. The Balaban J connectivity index is 2.46. The number of carbonyl (C=O) groups is 5. The van der Waals surface area contributed by atoms with Crippen LogP contribution in [0.25, 0.3) is 0 Å². The van der Waals surface area contributed by atoms with E-state index in [1.54, 1.807) is 20.8 Å². The molecule has 34 heavy (non-hydrogen) atoms. The fourth-order valence-corrected chi connectivity index (χ4v) is 3.79. The topological polar surface area (TPSA) is 120 Å². The summed E-state index contributed by atoms with van der Waals surface area (Å²) in [6, 6.07) is 7.21. The van der Waals surface area contributed by atoms with Gasteiger partial charge in [-0.2, -0.15) is 0 Å². The molecule has 0 spiro atoms. The molecule has 0 N–H and O–H groups in total. The van der Waals surface area contributed by atoms with Crippen LogP contribution in [0.5, 0.6) is 0 Å². The average Bonchev–Trinajstić information content (AvgIpc) is 3.09. The summed E-state index contributed by atoms with van der Waals surface area (Å²) in [5.74, 6) is -6.45. The molecule has 1 aromatic carbocycles. The number of nitrogens with zero attached hydrogens (tertiary/aromatic N) is 2. The number of benzene rings is 1.